The van der Waals surface area contributed by atoms with Gasteiger partial charge in [-0.15, -0.1) is 0 Å². The van der Waals surface area contributed by atoms with Gasteiger partial charge in [-0.2, -0.15) is 5.10 Å². The molecule has 0 spiro atoms. The van der Waals surface area contributed by atoms with E-state index in [1.807, 2.05) is 6.92 Å². The van der Waals surface area contributed by atoms with Crippen LogP contribution in [0.4, 0.5) is 0 Å². The van der Waals surface area contributed by atoms with E-state index in [0.29, 0.717) is 39.4 Å². The van der Waals surface area contributed by atoms with Gasteiger partial charge >= 0.3 is 0 Å². The topological polar surface area (TPSA) is 123 Å². The van der Waals surface area contributed by atoms with Crippen molar-refractivity contribution in [3.63, 3.8) is 0 Å². The first-order valence-electron chi connectivity index (χ1n) is 9.65. The average molecular weight is 462 g/mol. The van der Waals surface area contributed by atoms with Gasteiger partial charge in [-0.05, 0) is 55.3 Å². The van der Waals surface area contributed by atoms with Crippen LogP contribution in [0.2, 0.25) is 5.02 Å². The number of hydrazone groups is 1. The van der Waals surface area contributed by atoms with E-state index in [1.165, 1.54) is 29.4 Å². The molecule has 0 radical (unpaired) electrons. The fourth-order valence-corrected chi connectivity index (χ4v) is 4.73. The van der Waals surface area contributed by atoms with Crippen molar-refractivity contribution in [1.82, 2.24) is 9.40 Å². The summed E-state index contributed by atoms with van der Waals surface area (Å²) in [6.45, 7) is 2.05. The van der Waals surface area contributed by atoms with E-state index in [-0.39, 0.29) is 10.9 Å². The molecule has 4 N–H and O–H groups in total. The Hall–Kier alpha value is -3.04. The molecule has 0 bridgehead atoms. The lowest BCUT2D eigenvalue weighted by Crippen LogP contribution is -2.27. The van der Waals surface area contributed by atoms with Gasteiger partial charge < -0.3 is 10.5 Å². The third-order valence-corrected chi connectivity index (χ3v) is 6.66. The minimum atomic E-state index is -3.89. The van der Waals surface area contributed by atoms with E-state index in [4.69, 9.17) is 27.5 Å². The minimum Gasteiger partial charge on any atom is -0.497 e. The van der Waals surface area contributed by atoms with Crippen molar-refractivity contribution in [1.29, 1.82) is 5.41 Å². The third kappa shape index (κ3) is 4.83. The molecule has 1 aromatic heterocycles. The fraction of sp³-hybridized carbons (Fsp3) is 0.238. The molecule has 8 nitrogen and oxygen atoms in total. The van der Waals surface area contributed by atoms with Gasteiger partial charge in [-0.3, -0.25) is 5.41 Å². The number of methoxy groups -OCH3 is 1. The number of hydrogen-bond acceptors (Lipinski definition) is 5. The quantitative estimate of drug-likeness (QED) is 0.266. The predicted octanol–water partition coefficient (Wildman–Crippen LogP) is 3.92. The van der Waals surface area contributed by atoms with Crippen molar-refractivity contribution in [3.8, 4) is 5.75 Å². The molecule has 2 aromatic carbocycles. The number of halogens is 1. The zero-order valence-electron chi connectivity index (χ0n) is 17.2. The van der Waals surface area contributed by atoms with E-state index < -0.39 is 10.0 Å². The molecule has 0 unspecified atom stereocenters. The van der Waals surface area contributed by atoms with Gasteiger partial charge in [-0.1, -0.05) is 24.9 Å². The van der Waals surface area contributed by atoms with Crippen molar-refractivity contribution in [2.75, 3.05) is 7.11 Å². The molecule has 0 atom stereocenters. The molecule has 0 saturated heterocycles. The highest BCUT2D eigenvalue weighted by Crippen LogP contribution is 2.30. The van der Waals surface area contributed by atoms with E-state index >= 15 is 0 Å². The predicted molar refractivity (Wildman–Crippen MR) is 124 cm³/mol. The maximum atomic E-state index is 13.4. The molecule has 0 aliphatic rings. The number of unbranched alkanes of at least 4 members (excludes halogenated alkanes) is 1. The van der Waals surface area contributed by atoms with Crippen molar-refractivity contribution in [2.24, 2.45) is 10.8 Å². The van der Waals surface area contributed by atoms with Crippen LogP contribution in [-0.2, 0) is 10.0 Å². The average Bonchev–Trinajstić information content (AvgIpc) is 3.13. The number of nitrogens with two attached hydrogens (primary N) is 1. The highest BCUT2D eigenvalue weighted by atomic mass is 35.5. The highest BCUT2D eigenvalue weighted by Gasteiger charge is 2.23. The molecule has 164 valence electrons. The van der Waals surface area contributed by atoms with Crippen LogP contribution >= 0.6 is 11.6 Å². The van der Waals surface area contributed by atoms with Crippen molar-refractivity contribution in [2.45, 2.75) is 31.1 Å². The van der Waals surface area contributed by atoms with Gasteiger partial charge in [0.2, 0.25) is 5.96 Å². The van der Waals surface area contributed by atoms with Gasteiger partial charge in [0, 0.05) is 22.2 Å². The first-order valence-corrected chi connectivity index (χ1v) is 11.5. The summed E-state index contributed by atoms with van der Waals surface area (Å²) in [5.74, 6) is 0.259. The number of nitrogens with zero attached hydrogens (tertiary/aromatic N) is 2. The summed E-state index contributed by atoms with van der Waals surface area (Å²) in [6, 6.07) is 11.2. The second kappa shape index (κ2) is 9.40. The second-order valence-corrected chi connectivity index (χ2v) is 9.12. The first-order chi connectivity index (χ1) is 14.8. The lowest BCUT2D eigenvalue weighted by atomic mass is 10.0. The van der Waals surface area contributed by atoms with Crippen LogP contribution in [-0.4, -0.2) is 31.2 Å². The van der Waals surface area contributed by atoms with E-state index in [0.717, 1.165) is 12.8 Å². The van der Waals surface area contributed by atoms with Crippen LogP contribution in [0.1, 0.15) is 31.7 Å². The van der Waals surface area contributed by atoms with Crippen LogP contribution in [0, 0.1) is 5.41 Å². The van der Waals surface area contributed by atoms with Gasteiger partial charge in [0.1, 0.15) is 5.75 Å². The molecule has 0 aliphatic carbocycles. The second-order valence-electron chi connectivity index (χ2n) is 6.87. The maximum Gasteiger partial charge on any atom is 0.268 e. The zero-order valence-corrected chi connectivity index (χ0v) is 18.8. The minimum absolute atomic E-state index is 0.126. The standard InChI is InChI=1S/C21H24ClN5O3S/c1-3-4-5-19(25-26-21(23)24)18-13-27(20-11-6-14(22)12-17(18)20)31(28,29)16-9-7-15(30-2)8-10-16/h6-13H,3-5H2,1-2H3,(H4,23,24,26). The number of ether oxygens (including phenoxy) is 1. The number of aromatic nitrogens is 1. The zero-order chi connectivity index (χ0) is 22.6. The molecule has 1 heterocycles. The van der Waals surface area contributed by atoms with Gasteiger partial charge in [0.05, 0.1) is 23.2 Å². The summed E-state index contributed by atoms with van der Waals surface area (Å²) in [6.07, 6.45) is 3.86. The summed E-state index contributed by atoms with van der Waals surface area (Å²) in [4.78, 5) is 0.126. The number of benzene rings is 2. The molecular formula is C21H24ClN5O3S. The van der Waals surface area contributed by atoms with Crippen LogP contribution in [0.15, 0.2) is 58.7 Å². The fourth-order valence-electron chi connectivity index (χ4n) is 3.19. The molecule has 0 aliphatic heterocycles. The molecule has 31 heavy (non-hydrogen) atoms. The van der Waals surface area contributed by atoms with E-state index in [2.05, 4.69) is 10.5 Å². The summed E-state index contributed by atoms with van der Waals surface area (Å²) < 4.78 is 33.2. The molecule has 0 saturated carbocycles. The van der Waals surface area contributed by atoms with Crippen molar-refractivity contribution in [3.05, 3.63) is 59.2 Å². The van der Waals surface area contributed by atoms with E-state index in [1.54, 1.807) is 30.3 Å². The summed E-state index contributed by atoms with van der Waals surface area (Å²) in [5, 5.41) is 12.8. The number of guanidine groups is 1. The SMILES string of the molecule is CCCCC(=NNC(=N)N)c1cn(S(=O)(=O)c2ccc(OC)cc2)c2ccc(Cl)cc12. The van der Waals surface area contributed by atoms with Crippen LogP contribution in [0.5, 0.6) is 5.75 Å². The van der Waals surface area contributed by atoms with Crippen LogP contribution < -0.4 is 15.9 Å². The smallest absolute Gasteiger partial charge is 0.268 e. The van der Waals surface area contributed by atoms with Crippen molar-refractivity contribution < 1.29 is 13.2 Å². The Balaban J connectivity index is 2.21. The molecular weight excluding hydrogens is 438 g/mol. The number of hydrogen-bond donors (Lipinski definition) is 3. The lowest BCUT2D eigenvalue weighted by molar-refractivity contribution is 0.414. The largest absolute Gasteiger partial charge is 0.497 e. The Labute approximate surface area is 186 Å². The van der Waals surface area contributed by atoms with Crippen molar-refractivity contribution >= 4 is 44.2 Å². The Kier molecular flexibility index (Phi) is 6.87. The third-order valence-electron chi connectivity index (χ3n) is 4.74. The molecule has 0 fully saturated rings. The monoisotopic (exact) mass is 461 g/mol. The maximum absolute atomic E-state index is 13.4. The van der Waals surface area contributed by atoms with Gasteiger partial charge in [0.15, 0.2) is 0 Å². The number of fused-ring (bicyclic) bond motifs is 1. The Bertz CT molecular complexity index is 1230. The van der Waals surface area contributed by atoms with Crippen LogP contribution in [0.25, 0.3) is 10.9 Å². The first kappa shape index (κ1) is 22.6. The molecule has 3 rings (SSSR count). The normalized spacial score (nSPS) is 12.2. The Morgan fingerprint density at radius 1 is 1.26 bits per heavy atom. The van der Waals surface area contributed by atoms with Gasteiger partial charge in [0.25, 0.3) is 10.0 Å². The summed E-state index contributed by atoms with van der Waals surface area (Å²) in [7, 11) is -2.37. The number of nitrogens with one attached hydrogen (secondary N) is 2. The summed E-state index contributed by atoms with van der Waals surface area (Å²) >= 11 is 6.22. The molecule has 3 aromatic rings. The summed E-state index contributed by atoms with van der Waals surface area (Å²) in [5.41, 5.74) is 9.53. The highest BCUT2D eigenvalue weighted by molar-refractivity contribution is 7.90. The van der Waals surface area contributed by atoms with E-state index in [9.17, 15) is 8.42 Å². The molecule has 0 amide bonds. The Morgan fingerprint density at radius 2 is 1.97 bits per heavy atom. The lowest BCUT2D eigenvalue weighted by Gasteiger charge is -2.08. The molecule has 10 heteroatoms. The van der Waals surface area contributed by atoms with Crippen LogP contribution in [0.3, 0.4) is 0 Å². The number of rotatable bonds is 8. The Morgan fingerprint density at radius 3 is 2.58 bits per heavy atom. The van der Waals surface area contributed by atoms with Gasteiger partial charge in [-0.25, -0.2) is 17.8 Å².